The highest BCUT2D eigenvalue weighted by Gasteiger charge is 2.59. The van der Waals surface area contributed by atoms with Gasteiger partial charge in [-0.25, -0.2) is 0 Å². The molecule has 0 aliphatic heterocycles. The van der Waals surface area contributed by atoms with Gasteiger partial charge in [0.1, 0.15) is 0 Å². The van der Waals surface area contributed by atoms with Crippen LogP contribution in [0.4, 0.5) is 0 Å². The minimum atomic E-state index is -0.0926. The molecule has 0 aromatic rings. The van der Waals surface area contributed by atoms with E-state index in [1.807, 2.05) is 0 Å². The second-order valence-electron chi connectivity index (χ2n) is 12.1. The highest BCUT2D eigenvalue weighted by molar-refractivity contribution is 5.25. The molecule has 4 rings (SSSR count). The third-order valence-electron chi connectivity index (χ3n) is 10.5. The maximum absolute atomic E-state index is 10.2. The average molecular weight is 419 g/mol. The van der Waals surface area contributed by atoms with Crippen molar-refractivity contribution in [3.8, 4) is 0 Å². The standard InChI is InChI=1S/C27H46O2.CH4/c1-18(17-28)6-5-7-19(2)23-10-11-24-22-9-8-20-16-21(29)12-14-26(20,3)25(22)13-15-27(23,24)4;/h8,18-19,21-25,28-29H,5-7,9-17H2,1-4H3;1H4/t18?,19-,21?,22?,23?,24?,25?,26-,27?;/m1./s1. The Morgan fingerprint density at radius 2 is 1.80 bits per heavy atom. The molecule has 2 nitrogen and oxygen atoms in total. The van der Waals surface area contributed by atoms with Crippen LogP contribution in [-0.2, 0) is 0 Å². The first kappa shape index (κ1) is 24.3. The van der Waals surface area contributed by atoms with Crippen LogP contribution in [-0.4, -0.2) is 22.9 Å². The third kappa shape index (κ3) is 4.05. The van der Waals surface area contributed by atoms with E-state index in [0.29, 0.717) is 23.4 Å². The van der Waals surface area contributed by atoms with E-state index >= 15 is 0 Å². The van der Waals surface area contributed by atoms with Gasteiger partial charge in [-0.05, 0) is 104 Å². The molecule has 174 valence electrons. The van der Waals surface area contributed by atoms with E-state index in [4.69, 9.17) is 0 Å². The molecule has 3 fully saturated rings. The molecule has 0 amide bonds. The SMILES string of the molecule is C.CC(CO)CCC[C@@H](C)C1CCC2C3CC=C4CC(O)CC[C@@]4(C)C3CCC21C. The first-order valence-electron chi connectivity index (χ1n) is 12.8. The summed E-state index contributed by atoms with van der Waals surface area (Å²) < 4.78 is 0. The predicted molar refractivity (Wildman–Crippen MR) is 127 cm³/mol. The monoisotopic (exact) mass is 418 g/mol. The van der Waals surface area contributed by atoms with E-state index in [1.54, 1.807) is 5.57 Å². The van der Waals surface area contributed by atoms with Crippen LogP contribution in [0.2, 0.25) is 0 Å². The van der Waals surface area contributed by atoms with Gasteiger partial charge >= 0.3 is 0 Å². The maximum atomic E-state index is 10.2. The summed E-state index contributed by atoms with van der Waals surface area (Å²) in [6, 6.07) is 0. The highest BCUT2D eigenvalue weighted by Crippen LogP contribution is 2.67. The van der Waals surface area contributed by atoms with Crippen molar-refractivity contribution in [2.75, 3.05) is 6.61 Å². The van der Waals surface area contributed by atoms with Gasteiger partial charge in [-0.3, -0.25) is 0 Å². The van der Waals surface area contributed by atoms with Gasteiger partial charge in [0.05, 0.1) is 6.10 Å². The minimum Gasteiger partial charge on any atom is -0.396 e. The topological polar surface area (TPSA) is 40.5 Å². The van der Waals surface area contributed by atoms with Gasteiger partial charge in [0.15, 0.2) is 0 Å². The summed E-state index contributed by atoms with van der Waals surface area (Å²) in [5.74, 6) is 4.82. The smallest absolute Gasteiger partial charge is 0.0577 e. The molecule has 2 heteroatoms. The van der Waals surface area contributed by atoms with E-state index < -0.39 is 0 Å². The van der Waals surface area contributed by atoms with Crippen LogP contribution in [0.1, 0.15) is 106 Å². The Morgan fingerprint density at radius 3 is 2.53 bits per heavy atom. The molecule has 4 aliphatic rings. The summed E-state index contributed by atoms with van der Waals surface area (Å²) in [7, 11) is 0. The van der Waals surface area contributed by atoms with E-state index in [2.05, 4.69) is 33.8 Å². The summed E-state index contributed by atoms with van der Waals surface area (Å²) in [6.45, 7) is 10.2. The number of aliphatic hydroxyl groups is 2. The first-order valence-corrected chi connectivity index (χ1v) is 12.8. The number of fused-ring (bicyclic) bond motifs is 5. The number of hydrogen-bond acceptors (Lipinski definition) is 2. The molecule has 0 saturated heterocycles. The van der Waals surface area contributed by atoms with Crippen LogP contribution in [0.5, 0.6) is 0 Å². The fourth-order valence-electron chi connectivity index (χ4n) is 8.70. The van der Waals surface area contributed by atoms with Crippen molar-refractivity contribution in [1.29, 1.82) is 0 Å². The molecule has 4 aliphatic carbocycles. The fraction of sp³-hybridized carbons (Fsp3) is 0.929. The van der Waals surface area contributed by atoms with Crippen LogP contribution in [0.25, 0.3) is 0 Å². The lowest BCUT2D eigenvalue weighted by atomic mass is 9.47. The molecule has 30 heavy (non-hydrogen) atoms. The van der Waals surface area contributed by atoms with Gasteiger partial charge in [0, 0.05) is 6.61 Å². The van der Waals surface area contributed by atoms with Gasteiger partial charge < -0.3 is 10.2 Å². The van der Waals surface area contributed by atoms with Crippen molar-refractivity contribution in [2.24, 2.45) is 46.3 Å². The second-order valence-corrected chi connectivity index (χ2v) is 12.1. The van der Waals surface area contributed by atoms with Gasteiger partial charge in [-0.1, -0.05) is 59.6 Å². The molecule has 0 heterocycles. The zero-order chi connectivity index (χ0) is 20.8. The molecular formula is C28H50O2. The van der Waals surface area contributed by atoms with E-state index in [0.717, 1.165) is 42.4 Å². The van der Waals surface area contributed by atoms with Crippen molar-refractivity contribution < 1.29 is 10.2 Å². The Labute approximate surface area is 186 Å². The van der Waals surface area contributed by atoms with Crippen LogP contribution < -0.4 is 0 Å². The largest absolute Gasteiger partial charge is 0.396 e. The maximum Gasteiger partial charge on any atom is 0.0577 e. The van der Waals surface area contributed by atoms with Crippen molar-refractivity contribution in [3.05, 3.63) is 11.6 Å². The van der Waals surface area contributed by atoms with Crippen LogP contribution >= 0.6 is 0 Å². The molecule has 0 radical (unpaired) electrons. The normalized spacial score (nSPS) is 44.7. The zero-order valence-electron chi connectivity index (χ0n) is 19.5. The lowest BCUT2D eigenvalue weighted by molar-refractivity contribution is -0.0573. The minimum absolute atomic E-state index is 0. The number of hydrogen-bond donors (Lipinski definition) is 2. The van der Waals surface area contributed by atoms with Crippen molar-refractivity contribution >= 4 is 0 Å². The second kappa shape index (κ2) is 9.26. The fourth-order valence-corrected chi connectivity index (χ4v) is 8.70. The lowest BCUT2D eigenvalue weighted by Crippen LogP contribution is -2.50. The zero-order valence-corrected chi connectivity index (χ0v) is 19.5. The molecular weight excluding hydrogens is 368 g/mol. The summed E-state index contributed by atoms with van der Waals surface area (Å²) in [6.07, 6.45) is 16.4. The summed E-state index contributed by atoms with van der Waals surface area (Å²) >= 11 is 0. The Kier molecular flexibility index (Phi) is 7.50. The van der Waals surface area contributed by atoms with E-state index in [9.17, 15) is 10.2 Å². The van der Waals surface area contributed by atoms with Crippen molar-refractivity contribution in [3.63, 3.8) is 0 Å². The molecule has 2 N–H and O–H groups in total. The summed E-state index contributed by atoms with van der Waals surface area (Å²) in [5.41, 5.74) is 2.51. The molecule has 0 bridgehead atoms. The van der Waals surface area contributed by atoms with E-state index in [1.165, 1.54) is 57.8 Å². The molecule has 7 unspecified atom stereocenters. The van der Waals surface area contributed by atoms with Crippen molar-refractivity contribution in [2.45, 2.75) is 112 Å². The summed E-state index contributed by atoms with van der Waals surface area (Å²) in [5, 5.41) is 19.5. The number of allylic oxidation sites excluding steroid dienone is 1. The predicted octanol–water partition coefficient (Wildman–Crippen LogP) is 7.00. The van der Waals surface area contributed by atoms with Gasteiger partial charge in [0.25, 0.3) is 0 Å². The Bertz CT molecular complexity index is 612. The Balaban J connectivity index is 0.00000256. The van der Waals surface area contributed by atoms with Crippen LogP contribution in [0.3, 0.4) is 0 Å². The molecule has 9 atom stereocenters. The first-order chi connectivity index (χ1) is 13.8. The Morgan fingerprint density at radius 1 is 1.03 bits per heavy atom. The lowest BCUT2D eigenvalue weighted by Gasteiger charge is -2.58. The van der Waals surface area contributed by atoms with Gasteiger partial charge in [-0.15, -0.1) is 0 Å². The van der Waals surface area contributed by atoms with Gasteiger partial charge in [0.2, 0.25) is 0 Å². The molecule has 3 saturated carbocycles. The molecule has 0 aromatic carbocycles. The third-order valence-corrected chi connectivity index (χ3v) is 10.5. The molecule has 0 spiro atoms. The average Bonchev–Trinajstić information content (AvgIpc) is 3.05. The number of rotatable bonds is 6. The van der Waals surface area contributed by atoms with Crippen molar-refractivity contribution in [1.82, 2.24) is 0 Å². The summed E-state index contributed by atoms with van der Waals surface area (Å²) in [4.78, 5) is 0. The molecule has 0 aromatic heterocycles. The Hall–Kier alpha value is -0.340. The van der Waals surface area contributed by atoms with E-state index in [-0.39, 0.29) is 13.5 Å². The highest BCUT2D eigenvalue weighted by atomic mass is 16.3. The number of aliphatic hydroxyl groups excluding tert-OH is 2. The van der Waals surface area contributed by atoms with Crippen LogP contribution in [0.15, 0.2) is 11.6 Å². The van der Waals surface area contributed by atoms with Gasteiger partial charge in [-0.2, -0.15) is 0 Å². The van der Waals surface area contributed by atoms with Crippen LogP contribution in [0, 0.1) is 46.3 Å². The quantitative estimate of drug-likeness (QED) is 0.456.